The first kappa shape index (κ1) is 20.8. The molecule has 1 N–H and O–H groups in total. The predicted octanol–water partition coefficient (Wildman–Crippen LogP) is 4.74. The number of hydrogen-bond donors (Lipinski definition) is 1. The van der Waals surface area contributed by atoms with E-state index in [-0.39, 0.29) is 17.0 Å². The Kier molecular flexibility index (Phi) is 5.57. The fourth-order valence-corrected chi connectivity index (χ4v) is 4.53. The van der Waals surface area contributed by atoms with Crippen molar-refractivity contribution in [2.24, 2.45) is 10.2 Å². The van der Waals surface area contributed by atoms with E-state index in [1.165, 1.54) is 36.1 Å². The number of hydrogen-bond acceptors (Lipinski definition) is 8. The van der Waals surface area contributed by atoms with Gasteiger partial charge in [-0.3, -0.25) is 0 Å². The summed E-state index contributed by atoms with van der Waals surface area (Å²) in [4.78, 5) is 20.6. The Hall–Kier alpha value is -3.50. The highest BCUT2D eigenvalue weighted by molar-refractivity contribution is 7.90. The van der Waals surface area contributed by atoms with Crippen LogP contribution in [0.1, 0.15) is 15.9 Å². The van der Waals surface area contributed by atoms with Crippen LogP contribution in [0, 0.1) is 0 Å². The van der Waals surface area contributed by atoms with Crippen LogP contribution in [0.4, 0.5) is 5.82 Å². The molecule has 0 spiro atoms. The third-order valence-corrected chi connectivity index (χ3v) is 6.78. The summed E-state index contributed by atoms with van der Waals surface area (Å²) in [7, 11) is -3.25. The molecule has 0 atom stereocenters. The first-order chi connectivity index (χ1) is 14.8. The van der Waals surface area contributed by atoms with Gasteiger partial charge in [-0.25, -0.2) is 23.2 Å². The summed E-state index contributed by atoms with van der Waals surface area (Å²) in [5, 5.41) is 17.4. The molecular weight excluding hydrogens is 436 g/mol. The van der Waals surface area contributed by atoms with E-state index in [4.69, 9.17) is 5.11 Å². The van der Waals surface area contributed by atoms with Crippen LogP contribution < -0.4 is 0 Å². The minimum Gasteiger partial charge on any atom is -0.478 e. The van der Waals surface area contributed by atoms with Crippen LogP contribution in [0.5, 0.6) is 0 Å². The van der Waals surface area contributed by atoms with Gasteiger partial charge in [-0.1, -0.05) is 24.3 Å². The predicted molar refractivity (Wildman–Crippen MR) is 118 cm³/mol. The second-order valence-electron chi connectivity index (χ2n) is 6.72. The molecule has 2 aromatic heterocycles. The summed E-state index contributed by atoms with van der Waals surface area (Å²) in [5.41, 5.74) is 2.64. The number of azo groups is 1. The zero-order valence-corrected chi connectivity index (χ0v) is 17.9. The Labute approximate surface area is 181 Å². The smallest absolute Gasteiger partial charge is 0.335 e. The van der Waals surface area contributed by atoms with Crippen molar-refractivity contribution in [2.45, 2.75) is 11.4 Å². The van der Waals surface area contributed by atoms with E-state index in [9.17, 15) is 13.2 Å². The van der Waals surface area contributed by atoms with Gasteiger partial charge >= 0.3 is 5.97 Å². The Morgan fingerprint density at radius 2 is 1.77 bits per heavy atom. The third kappa shape index (κ3) is 4.65. The summed E-state index contributed by atoms with van der Waals surface area (Å²) in [6, 6.07) is 15.0. The molecule has 156 valence electrons. The topological polar surface area (TPSA) is 122 Å². The average molecular weight is 453 g/mol. The number of carbonyl (C=O) groups is 1. The Morgan fingerprint density at radius 1 is 1.06 bits per heavy atom. The van der Waals surface area contributed by atoms with Gasteiger partial charge in [-0.2, -0.15) is 5.11 Å². The molecule has 4 rings (SSSR count). The number of rotatable bonds is 6. The Balaban J connectivity index is 1.57. The van der Waals surface area contributed by atoms with Crippen molar-refractivity contribution in [3.8, 4) is 10.4 Å². The van der Waals surface area contributed by atoms with Crippen LogP contribution in [0.25, 0.3) is 20.7 Å². The molecule has 8 nitrogen and oxygen atoms in total. The van der Waals surface area contributed by atoms with Gasteiger partial charge in [0.25, 0.3) is 0 Å². The monoisotopic (exact) mass is 452 g/mol. The van der Waals surface area contributed by atoms with Crippen LogP contribution in [-0.2, 0) is 16.4 Å². The third-order valence-electron chi connectivity index (χ3n) is 4.48. The van der Waals surface area contributed by atoms with Gasteiger partial charge < -0.3 is 5.11 Å². The van der Waals surface area contributed by atoms with Crippen molar-refractivity contribution >= 4 is 43.2 Å². The molecule has 0 fully saturated rings. The number of fused-ring (bicyclic) bond motifs is 1. The minimum absolute atomic E-state index is 0.217. The van der Waals surface area contributed by atoms with Crippen LogP contribution >= 0.6 is 11.3 Å². The van der Waals surface area contributed by atoms with Crippen molar-refractivity contribution in [1.29, 1.82) is 0 Å². The largest absolute Gasteiger partial charge is 0.478 e. The molecule has 0 amide bonds. The van der Waals surface area contributed by atoms with Crippen molar-refractivity contribution in [2.75, 3.05) is 6.26 Å². The van der Waals surface area contributed by atoms with E-state index >= 15 is 0 Å². The molecular formula is C21H16N4O4S2. The number of carboxylic acid groups (broad SMARTS) is 1. The molecule has 2 aromatic carbocycles. The standard InChI is InChI=1S/C21H16N4O4S2/c1-31(28,29)16-8-6-14(7-9-16)18-10-17-19(30-18)20(23-12-22-17)25-24-11-13-2-4-15(5-3-13)21(26)27/h2-10,12H,11H2,1H3,(H,26,27). The van der Waals surface area contributed by atoms with Crippen molar-refractivity contribution in [3.05, 3.63) is 72.1 Å². The summed E-state index contributed by atoms with van der Waals surface area (Å²) < 4.78 is 24.1. The zero-order valence-electron chi connectivity index (χ0n) is 16.3. The van der Waals surface area contributed by atoms with E-state index < -0.39 is 15.8 Å². The number of nitrogens with zero attached hydrogens (tertiary/aromatic N) is 4. The molecule has 0 aliphatic carbocycles. The molecule has 0 aliphatic heterocycles. The normalized spacial score (nSPS) is 11.9. The quantitative estimate of drug-likeness (QED) is 0.422. The van der Waals surface area contributed by atoms with Gasteiger partial charge in [-0.15, -0.1) is 16.5 Å². The molecule has 0 bridgehead atoms. The number of benzene rings is 2. The lowest BCUT2D eigenvalue weighted by molar-refractivity contribution is 0.0697. The fraction of sp³-hybridized carbons (Fsp3) is 0.0952. The Morgan fingerprint density at radius 3 is 2.42 bits per heavy atom. The summed E-state index contributed by atoms with van der Waals surface area (Å²) in [5.74, 6) is -0.535. The lowest BCUT2D eigenvalue weighted by atomic mass is 10.1. The second kappa shape index (κ2) is 8.32. The van der Waals surface area contributed by atoms with Crippen molar-refractivity contribution in [1.82, 2.24) is 9.97 Å². The average Bonchev–Trinajstić information content (AvgIpc) is 3.19. The number of aromatic carboxylic acids is 1. The fourth-order valence-electron chi connectivity index (χ4n) is 2.86. The van der Waals surface area contributed by atoms with E-state index in [2.05, 4.69) is 20.2 Å². The van der Waals surface area contributed by atoms with Crippen LogP contribution in [0.2, 0.25) is 0 Å². The van der Waals surface area contributed by atoms with Crippen molar-refractivity contribution < 1.29 is 18.3 Å². The number of carboxylic acids is 1. The SMILES string of the molecule is CS(=O)(=O)c1ccc(-c2cc3ncnc(N=NCc4ccc(C(=O)O)cc4)c3s2)cc1. The summed E-state index contributed by atoms with van der Waals surface area (Å²) in [6.07, 6.45) is 2.59. The highest BCUT2D eigenvalue weighted by atomic mass is 32.2. The van der Waals surface area contributed by atoms with E-state index in [0.29, 0.717) is 5.82 Å². The maximum absolute atomic E-state index is 11.7. The minimum atomic E-state index is -3.25. The van der Waals surface area contributed by atoms with E-state index in [0.717, 1.165) is 26.2 Å². The molecule has 0 unspecified atom stereocenters. The summed E-state index contributed by atoms with van der Waals surface area (Å²) in [6.45, 7) is 0.288. The maximum atomic E-state index is 11.7. The lowest BCUT2D eigenvalue weighted by Gasteiger charge is -2.00. The van der Waals surface area contributed by atoms with Crippen LogP contribution in [0.15, 0.2) is 76.0 Å². The maximum Gasteiger partial charge on any atom is 0.335 e. The van der Waals surface area contributed by atoms with Gasteiger partial charge in [0.15, 0.2) is 15.7 Å². The van der Waals surface area contributed by atoms with Crippen LogP contribution in [-0.4, -0.2) is 35.7 Å². The molecule has 10 heteroatoms. The first-order valence-electron chi connectivity index (χ1n) is 9.06. The zero-order chi connectivity index (χ0) is 22.0. The lowest BCUT2D eigenvalue weighted by Crippen LogP contribution is -1.95. The Bertz CT molecular complexity index is 1390. The molecule has 31 heavy (non-hydrogen) atoms. The van der Waals surface area contributed by atoms with Gasteiger partial charge in [0.2, 0.25) is 0 Å². The van der Waals surface area contributed by atoms with Crippen LogP contribution in [0.3, 0.4) is 0 Å². The molecule has 0 saturated carbocycles. The van der Waals surface area contributed by atoms with Gasteiger partial charge in [0.05, 0.1) is 27.2 Å². The van der Waals surface area contributed by atoms with E-state index in [1.807, 2.05) is 6.07 Å². The molecule has 0 saturated heterocycles. The molecule has 0 radical (unpaired) electrons. The summed E-state index contributed by atoms with van der Waals surface area (Å²) >= 11 is 1.45. The first-order valence-corrected chi connectivity index (χ1v) is 11.8. The highest BCUT2D eigenvalue weighted by Crippen LogP contribution is 2.37. The molecule has 0 aliphatic rings. The second-order valence-corrected chi connectivity index (χ2v) is 9.79. The number of sulfone groups is 1. The highest BCUT2D eigenvalue weighted by Gasteiger charge is 2.12. The van der Waals surface area contributed by atoms with Crippen molar-refractivity contribution in [3.63, 3.8) is 0 Å². The van der Waals surface area contributed by atoms with Gasteiger partial charge in [0.1, 0.15) is 6.33 Å². The molecule has 2 heterocycles. The number of aromatic nitrogens is 2. The van der Waals surface area contributed by atoms with E-state index in [1.54, 1.807) is 36.4 Å². The molecule has 4 aromatic rings. The van der Waals surface area contributed by atoms with Gasteiger partial charge in [-0.05, 0) is 41.5 Å². The number of thiophene rings is 1. The van der Waals surface area contributed by atoms with Gasteiger partial charge in [0, 0.05) is 11.1 Å².